The van der Waals surface area contributed by atoms with Crippen molar-refractivity contribution in [1.82, 2.24) is 9.80 Å². The van der Waals surface area contributed by atoms with Crippen LogP contribution < -0.4 is 0 Å². The van der Waals surface area contributed by atoms with Crippen LogP contribution in [0.25, 0.3) is 0 Å². The molecular formula is C20H25F3N2O2. The zero-order valence-electron chi connectivity index (χ0n) is 15.5. The van der Waals surface area contributed by atoms with Crippen LogP contribution in [0.5, 0.6) is 0 Å². The van der Waals surface area contributed by atoms with Crippen molar-refractivity contribution in [2.75, 3.05) is 26.2 Å². The second-order valence-electron chi connectivity index (χ2n) is 7.67. The Morgan fingerprint density at radius 2 is 1.59 bits per heavy atom. The summed E-state index contributed by atoms with van der Waals surface area (Å²) in [4.78, 5) is 28.8. The summed E-state index contributed by atoms with van der Waals surface area (Å²) in [6.07, 6.45) is -1.000. The van der Waals surface area contributed by atoms with Crippen LogP contribution in [-0.2, 0) is 11.0 Å². The van der Waals surface area contributed by atoms with Crippen LogP contribution in [-0.4, -0.2) is 47.8 Å². The van der Waals surface area contributed by atoms with Gasteiger partial charge in [-0.2, -0.15) is 13.2 Å². The highest BCUT2D eigenvalue weighted by Gasteiger charge is 2.33. The maximum absolute atomic E-state index is 12.7. The Kier molecular flexibility index (Phi) is 5.77. The van der Waals surface area contributed by atoms with E-state index >= 15 is 0 Å². The maximum atomic E-state index is 12.7. The van der Waals surface area contributed by atoms with E-state index in [9.17, 15) is 22.8 Å². The molecule has 2 fully saturated rings. The molecular weight excluding hydrogens is 357 g/mol. The van der Waals surface area contributed by atoms with Gasteiger partial charge in [0.25, 0.3) is 5.91 Å². The topological polar surface area (TPSA) is 40.6 Å². The predicted octanol–water partition coefficient (Wildman–Crippen LogP) is 3.82. The smallest absolute Gasteiger partial charge is 0.342 e. The molecule has 0 radical (unpaired) electrons. The van der Waals surface area contributed by atoms with E-state index in [0.29, 0.717) is 31.8 Å². The second kappa shape index (κ2) is 7.90. The average molecular weight is 382 g/mol. The van der Waals surface area contributed by atoms with Gasteiger partial charge in [-0.1, -0.05) is 6.92 Å². The molecule has 3 rings (SSSR count). The molecule has 4 nitrogen and oxygen atoms in total. The molecule has 2 aliphatic heterocycles. The normalized spacial score (nSPS) is 22.0. The molecule has 0 saturated carbocycles. The monoisotopic (exact) mass is 382 g/mol. The first-order valence-corrected chi connectivity index (χ1v) is 9.51. The van der Waals surface area contributed by atoms with Gasteiger partial charge in [-0.15, -0.1) is 0 Å². The first kappa shape index (κ1) is 19.7. The number of piperidine rings is 2. The Morgan fingerprint density at radius 3 is 2.15 bits per heavy atom. The Hall–Kier alpha value is -2.05. The number of hydrogen-bond acceptors (Lipinski definition) is 2. The Balaban J connectivity index is 1.55. The van der Waals surface area contributed by atoms with E-state index in [-0.39, 0.29) is 23.3 Å². The van der Waals surface area contributed by atoms with Crippen LogP contribution in [0.2, 0.25) is 0 Å². The number of hydrogen-bond donors (Lipinski definition) is 0. The summed E-state index contributed by atoms with van der Waals surface area (Å²) in [5.74, 6) is 0.375. The average Bonchev–Trinajstić information content (AvgIpc) is 2.66. The predicted molar refractivity (Wildman–Crippen MR) is 95.0 cm³/mol. The van der Waals surface area contributed by atoms with Crippen LogP contribution in [0, 0.1) is 11.8 Å². The molecule has 7 heteroatoms. The molecule has 27 heavy (non-hydrogen) atoms. The fourth-order valence-electron chi connectivity index (χ4n) is 3.96. The van der Waals surface area contributed by atoms with E-state index in [1.807, 2.05) is 4.90 Å². The van der Waals surface area contributed by atoms with Crippen molar-refractivity contribution in [1.29, 1.82) is 0 Å². The number of rotatable bonds is 2. The van der Waals surface area contributed by atoms with E-state index in [0.717, 1.165) is 38.1 Å². The van der Waals surface area contributed by atoms with Crippen molar-refractivity contribution in [3.8, 4) is 0 Å². The van der Waals surface area contributed by atoms with Crippen molar-refractivity contribution >= 4 is 11.8 Å². The summed E-state index contributed by atoms with van der Waals surface area (Å²) in [6.45, 7) is 4.70. The van der Waals surface area contributed by atoms with Gasteiger partial charge in [-0.3, -0.25) is 9.59 Å². The van der Waals surface area contributed by atoms with E-state index in [4.69, 9.17) is 0 Å². The number of carbonyl (C=O) groups excluding carboxylic acids is 2. The molecule has 0 N–H and O–H groups in total. The van der Waals surface area contributed by atoms with Crippen molar-refractivity contribution in [3.05, 3.63) is 35.4 Å². The van der Waals surface area contributed by atoms with Crippen LogP contribution in [0.1, 0.15) is 48.5 Å². The molecule has 2 saturated heterocycles. The summed E-state index contributed by atoms with van der Waals surface area (Å²) >= 11 is 0. The van der Waals surface area contributed by atoms with Gasteiger partial charge in [0.05, 0.1) is 5.56 Å². The fraction of sp³-hybridized carbons (Fsp3) is 0.600. The molecule has 148 valence electrons. The number of benzene rings is 1. The van der Waals surface area contributed by atoms with Crippen molar-refractivity contribution in [2.45, 2.75) is 38.8 Å². The number of nitrogens with zero attached hydrogens (tertiary/aromatic N) is 2. The molecule has 1 atom stereocenters. The highest BCUT2D eigenvalue weighted by molar-refractivity contribution is 5.94. The van der Waals surface area contributed by atoms with E-state index in [2.05, 4.69) is 6.92 Å². The van der Waals surface area contributed by atoms with Crippen molar-refractivity contribution in [2.24, 2.45) is 11.8 Å². The maximum Gasteiger partial charge on any atom is 0.416 e. The third-order valence-corrected chi connectivity index (χ3v) is 5.56. The zero-order chi connectivity index (χ0) is 19.6. The molecule has 0 spiro atoms. The lowest BCUT2D eigenvalue weighted by molar-refractivity contribution is -0.139. The molecule has 0 bridgehead atoms. The van der Waals surface area contributed by atoms with Gasteiger partial charge in [0, 0.05) is 37.7 Å². The Morgan fingerprint density at radius 1 is 0.963 bits per heavy atom. The van der Waals surface area contributed by atoms with Gasteiger partial charge >= 0.3 is 6.18 Å². The molecule has 0 aromatic heterocycles. The van der Waals surface area contributed by atoms with Crippen LogP contribution >= 0.6 is 0 Å². The van der Waals surface area contributed by atoms with E-state index < -0.39 is 11.7 Å². The van der Waals surface area contributed by atoms with E-state index in [1.54, 1.807) is 4.90 Å². The number of halogens is 3. The van der Waals surface area contributed by atoms with Gasteiger partial charge < -0.3 is 9.80 Å². The minimum absolute atomic E-state index is 0.0630. The first-order valence-electron chi connectivity index (χ1n) is 9.51. The fourth-order valence-corrected chi connectivity index (χ4v) is 3.96. The lowest BCUT2D eigenvalue weighted by atomic mass is 9.92. The number of alkyl halides is 3. The SMILES string of the molecule is CC1CCCN(C(=O)C2CCN(C(=O)c3ccc(C(F)(F)F)cc3)CC2)C1. The van der Waals surface area contributed by atoms with Crippen LogP contribution in [0.15, 0.2) is 24.3 Å². The van der Waals surface area contributed by atoms with Gasteiger partial charge in [0.2, 0.25) is 5.91 Å². The number of amides is 2. The molecule has 2 aliphatic rings. The molecule has 1 unspecified atom stereocenters. The minimum atomic E-state index is -4.41. The summed E-state index contributed by atoms with van der Waals surface area (Å²) in [5, 5.41) is 0. The third-order valence-electron chi connectivity index (χ3n) is 5.56. The molecule has 0 aliphatic carbocycles. The number of carbonyl (C=O) groups is 2. The molecule has 1 aromatic rings. The largest absolute Gasteiger partial charge is 0.416 e. The molecule has 1 aromatic carbocycles. The Labute approximate surface area is 157 Å². The van der Waals surface area contributed by atoms with Gasteiger partial charge in [-0.25, -0.2) is 0 Å². The summed E-state index contributed by atoms with van der Waals surface area (Å²) < 4.78 is 37.9. The van der Waals surface area contributed by atoms with Gasteiger partial charge in [0.15, 0.2) is 0 Å². The zero-order valence-corrected chi connectivity index (χ0v) is 15.5. The third kappa shape index (κ3) is 4.62. The highest BCUT2D eigenvalue weighted by Crippen LogP contribution is 2.30. The first-order chi connectivity index (χ1) is 12.8. The lowest BCUT2D eigenvalue weighted by Crippen LogP contribution is -2.47. The standard InChI is InChI=1S/C20H25F3N2O2/c1-14-3-2-10-25(13-14)19(27)16-8-11-24(12-9-16)18(26)15-4-6-17(7-5-15)20(21,22)23/h4-7,14,16H,2-3,8-13H2,1H3. The van der Waals surface area contributed by atoms with Crippen molar-refractivity contribution < 1.29 is 22.8 Å². The van der Waals surface area contributed by atoms with Crippen LogP contribution in [0.4, 0.5) is 13.2 Å². The minimum Gasteiger partial charge on any atom is -0.342 e. The second-order valence-corrected chi connectivity index (χ2v) is 7.67. The molecule has 2 amide bonds. The van der Waals surface area contributed by atoms with Gasteiger partial charge in [0.1, 0.15) is 0 Å². The lowest BCUT2D eigenvalue weighted by Gasteiger charge is -2.37. The van der Waals surface area contributed by atoms with Crippen molar-refractivity contribution in [3.63, 3.8) is 0 Å². The van der Waals surface area contributed by atoms with Gasteiger partial charge in [-0.05, 0) is 55.9 Å². The quantitative estimate of drug-likeness (QED) is 0.780. The summed E-state index contributed by atoms with van der Waals surface area (Å²) in [5.41, 5.74) is -0.517. The Bertz CT molecular complexity index is 679. The van der Waals surface area contributed by atoms with Crippen LogP contribution in [0.3, 0.4) is 0 Å². The van der Waals surface area contributed by atoms with E-state index in [1.165, 1.54) is 12.1 Å². The number of likely N-dealkylation sites (tertiary alicyclic amines) is 2. The summed E-state index contributed by atoms with van der Waals surface area (Å²) in [6, 6.07) is 4.30. The highest BCUT2D eigenvalue weighted by atomic mass is 19.4. The molecule has 2 heterocycles. The summed E-state index contributed by atoms with van der Waals surface area (Å²) in [7, 11) is 0.